The summed E-state index contributed by atoms with van der Waals surface area (Å²) in [4.78, 5) is 44.1. The molecule has 2 atom stereocenters. The number of ether oxygens (including phenoxy) is 1. The Balaban J connectivity index is 1.29. The van der Waals surface area contributed by atoms with Gasteiger partial charge in [-0.3, -0.25) is 14.5 Å². The van der Waals surface area contributed by atoms with Crippen molar-refractivity contribution in [2.45, 2.75) is 25.0 Å². The van der Waals surface area contributed by atoms with Crippen LogP contribution >= 0.6 is 0 Å². The number of carbonyl (C=O) groups is 3. The Labute approximate surface area is 250 Å². The highest BCUT2D eigenvalue weighted by atomic mass is 16.5. The summed E-state index contributed by atoms with van der Waals surface area (Å²) in [5, 5.41) is 6.01. The van der Waals surface area contributed by atoms with E-state index in [2.05, 4.69) is 10.6 Å². The monoisotopic (exact) mass is 572 g/mol. The molecular weight excluding hydrogens is 540 g/mol. The zero-order valence-corrected chi connectivity index (χ0v) is 23.8. The van der Waals surface area contributed by atoms with Crippen molar-refractivity contribution in [1.29, 1.82) is 0 Å². The fourth-order valence-electron chi connectivity index (χ4n) is 5.56. The third-order valence-electron chi connectivity index (χ3n) is 7.82. The lowest BCUT2D eigenvalue weighted by molar-refractivity contribution is -0.136. The van der Waals surface area contributed by atoms with Crippen molar-refractivity contribution in [2.24, 2.45) is 0 Å². The molecule has 4 aromatic rings. The van der Waals surface area contributed by atoms with Crippen molar-refractivity contribution in [2.75, 3.05) is 13.6 Å². The molecule has 216 valence electrons. The van der Waals surface area contributed by atoms with Gasteiger partial charge in [0.15, 0.2) is 0 Å². The Morgan fingerprint density at radius 1 is 0.860 bits per heavy atom. The average Bonchev–Trinajstić information content (AvgIpc) is 3.39. The maximum atomic E-state index is 14.2. The van der Waals surface area contributed by atoms with Gasteiger partial charge in [0.05, 0.1) is 23.9 Å². The highest BCUT2D eigenvalue weighted by molar-refractivity contribution is 6.03. The second-order valence-corrected chi connectivity index (χ2v) is 10.6. The molecule has 0 aromatic heterocycles. The van der Waals surface area contributed by atoms with Crippen molar-refractivity contribution in [3.05, 3.63) is 143 Å². The van der Waals surface area contributed by atoms with E-state index < -0.39 is 12.1 Å². The number of amides is 4. The van der Waals surface area contributed by atoms with E-state index in [0.717, 1.165) is 11.1 Å². The Kier molecular flexibility index (Phi) is 7.91. The number of hydrogen-bond acceptors (Lipinski definition) is 4. The number of rotatable bonds is 9. The number of likely N-dealkylation sites (N-methyl/N-ethyl adjacent to an activating group) is 1. The van der Waals surface area contributed by atoms with Gasteiger partial charge in [-0.05, 0) is 41.0 Å². The van der Waals surface area contributed by atoms with Crippen LogP contribution in [0.5, 0.6) is 11.5 Å². The summed E-state index contributed by atoms with van der Waals surface area (Å²) in [5.74, 6) is 0.735. The summed E-state index contributed by atoms with van der Waals surface area (Å²) >= 11 is 0. The van der Waals surface area contributed by atoms with Crippen LogP contribution in [0, 0.1) is 0 Å². The Bertz CT molecular complexity index is 1660. The number of nitrogens with one attached hydrogen (secondary N) is 2. The van der Waals surface area contributed by atoms with Crippen molar-refractivity contribution < 1.29 is 19.1 Å². The van der Waals surface area contributed by atoms with Gasteiger partial charge in [0.1, 0.15) is 17.5 Å². The summed E-state index contributed by atoms with van der Waals surface area (Å²) < 4.78 is 6.03. The lowest BCUT2D eigenvalue weighted by Gasteiger charge is -2.31. The van der Waals surface area contributed by atoms with Gasteiger partial charge < -0.3 is 20.3 Å². The molecule has 2 N–H and O–H groups in total. The van der Waals surface area contributed by atoms with Crippen LogP contribution in [0.15, 0.2) is 127 Å². The van der Waals surface area contributed by atoms with Crippen molar-refractivity contribution >= 4 is 17.8 Å². The van der Waals surface area contributed by atoms with Crippen LogP contribution in [0.2, 0.25) is 0 Å². The van der Waals surface area contributed by atoms with Gasteiger partial charge in [0.25, 0.3) is 5.91 Å². The lowest BCUT2D eigenvalue weighted by atomic mass is 9.95. The zero-order chi connectivity index (χ0) is 29.8. The van der Waals surface area contributed by atoms with Gasteiger partial charge in [-0.1, -0.05) is 91.0 Å². The molecule has 2 heterocycles. The molecule has 2 unspecified atom stereocenters. The number of hydrogen-bond donors (Lipinski definition) is 2. The Hall–Kier alpha value is -5.37. The number of nitrogens with zero attached hydrogens (tertiary/aromatic N) is 2. The molecule has 8 heteroatoms. The number of para-hydroxylation sites is 1. The molecule has 4 amide bonds. The van der Waals surface area contributed by atoms with E-state index in [1.54, 1.807) is 11.9 Å². The van der Waals surface area contributed by atoms with Crippen molar-refractivity contribution in [1.82, 2.24) is 20.4 Å². The molecule has 0 saturated carbocycles. The molecule has 2 aliphatic rings. The van der Waals surface area contributed by atoms with Crippen LogP contribution in [-0.4, -0.2) is 47.3 Å². The van der Waals surface area contributed by atoms with E-state index in [0.29, 0.717) is 41.3 Å². The summed E-state index contributed by atoms with van der Waals surface area (Å²) in [6.07, 6.45) is 0.337. The van der Waals surface area contributed by atoms with Gasteiger partial charge in [-0.25, -0.2) is 4.79 Å². The second-order valence-electron chi connectivity index (χ2n) is 10.6. The SMILES string of the molecule is CN1C(=O)NC(c2cccc(Oc3ccccc3)c2)C2=C1CN(C(Cc1ccccc1)C(=O)NCc1ccccc1)C2=O. The fourth-order valence-corrected chi connectivity index (χ4v) is 5.56. The van der Waals surface area contributed by atoms with Crippen molar-refractivity contribution in [3.63, 3.8) is 0 Å². The van der Waals surface area contributed by atoms with Crippen LogP contribution in [0.25, 0.3) is 0 Å². The van der Waals surface area contributed by atoms with E-state index in [-0.39, 0.29) is 24.4 Å². The fraction of sp³-hybridized carbons (Fsp3) is 0.171. The molecule has 2 aliphatic heterocycles. The molecule has 6 rings (SSSR count). The van der Waals surface area contributed by atoms with E-state index in [1.165, 1.54) is 4.90 Å². The van der Waals surface area contributed by atoms with Crippen LogP contribution in [-0.2, 0) is 22.6 Å². The molecule has 0 radical (unpaired) electrons. The number of benzene rings is 4. The maximum absolute atomic E-state index is 14.2. The van der Waals surface area contributed by atoms with Crippen LogP contribution < -0.4 is 15.4 Å². The number of carbonyl (C=O) groups excluding carboxylic acids is 3. The van der Waals surface area contributed by atoms with E-state index in [4.69, 9.17) is 4.74 Å². The smallest absolute Gasteiger partial charge is 0.322 e. The predicted molar refractivity (Wildman–Crippen MR) is 163 cm³/mol. The third-order valence-corrected chi connectivity index (χ3v) is 7.82. The number of urea groups is 1. The molecule has 0 bridgehead atoms. The van der Waals surface area contributed by atoms with Crippen LogP contribution in [0.4, 0.5) is 4.79 Å². The first-order valence-corrected chi connectivity index (χ1v) is 14.2. The second kappa shape index (κ2) is 12.2. The van der Waals surface area contributed by atoms with Crippen LogP contribution in [0.3, 0.4) is 0 Å². The predicted octanol–water partition coefficient (Wildman–Crippen LogP) is 5.20. The lowest BCUT2D eigenvalue weighted by Crippen LogP contribution is -2.49. The molecule has 4 aromatic carbocycles. The van der Waals surface area contributed by atoms with Crippen LogP contribution in [0.1, 0.15) is 22.7 Å². The van der Waals surface area contributed by atoms with E-state index >= 15 is 0 Å². The standard InChI is InChI=1S/C35H32N4O4/c1-38-30-23-39(29(20-24-12-5-2-6-13-24)33(40)36-22-25-14-7-3-8-15-25)34(41)31(30)32(37-35(38)42)26-16-11-19-28(21-26)43-27-17-9-4-10-18-27/h2-19,21,29,32H,20,22-23H2,1H3,(H,36,40)(H,37,42). The molecule has 0 saturated heterocycles. The van der Waals surface area contributed by atoms with Gasteiger partial charge in [-0.2, -0.15) is 0 Å². The quantitative estimate of drug-likeness (QED) is 0.289. The molecule has 0 spiro atoms. The molecular formula is C35H32N4O4. The molecule has 43 heavy (non-hydrogen) atoms. The minimum absolute atomic E-state index is 0.144. The topological polar surface area (TPSA) is 91.0 Å². The van der Waals surface area contributed by atoms with E-state index in [9.17, 15) is 14.4 Å². The summed E-state index contributed by atoms with van der Waals surface area (Å²) in [5.41, 5.74) is 3.65. The van der Waals surface area contributed by atoms with Gasteiger partial charge in [0, 0.05) is 20.0 Å². The normalized spacial score (nSPS) is 16.9. The first-order chi connectivity index (χ1) is 21.0. The van der Waals surface area contributed by atoms with Crippen molar-refractivity contribution in [3.8, 4) is 11.5 Å². The first kappa shape index (κ1) is 27.8. The minimum atomic E-state index is -0.777. The molecule has 0 aliphatic carbocycles. The average molecular weight is 573 g/mol. The molecule has 8 nitrogen and oxygen atoms in total. The minimum Gasteiger partial charge on any atom is -0.457 e. The first-order valence-electron chi connectivity index (χ1n) is 14.2. The summed E-state index contributed by atoms with van der Waals surface area (Å²) in [6, 6.07) is 34.3. The van der Waals surface area contributed by atoms with Gasteiger partial charge in [-0.15, -0.1) is 0 Å². The van der Waals surface area contributed by atoms with E-state index in [1.807, 2.05) is 115 Å². The highest BCUT2D eigenvalue weighted by Crippen LogP contribution is 2.38. The summed E-state index contributed by atoms with van der Waals surface area (Å²) in [6.45, 7) is 0.488. The molecule has 0 fully saturated rings. The van der Waals surface area contributed by atoms with Gasteiger partial charge >= 0.3 is 6.03 Å². The Morgan fingerprint density at radius 3 is 2.19 bits per heavy atom. The zero-order valence-electron chi connectivity index (χ0n) is 23.8. The maximum Gasteiger partial charge on any atom is 0.322 e. The van der Waals surface area contributed by atoms with Gasteiger partial charge in [0.2, 0.25) is 5.91 Å². The summed E-state index contributed by atoms with van der Waals surface area (Å²) in [7, 11) is 1.65. The largest absolute Gasteiger partial charge is 0.457 e. The Morgan fingerprint density at radius 2 is 1.49 bits per heavy atom. The highest BCUT2D eigenvalue weighted by Gasteiger charge is 2.46. The third kappa shape index (κ3) is 5.99.